The van der Waals surface area contributed by atoms with Crippen LogP contribution >= 0.6 is 21.6 Å². The molecule has 2 atom stereocenters. The minimum Gasteiger partial charge on any atom is -0.462 e. The molecule has 0 aliphatic heterocycles. The fourth-order valence-corrected chi connectivity index (χ4v) is 3.27. The van der Waals surface area contributed by atoms with Crippen molar-refractivity contribution in [1.82, 2.24) is 0 Å². The normalized spacial score (nSPS) is 13.8. The molecular weight excluding hydrogens is 276 g/mol. The van der Waals surface area contributed by atoms with Crippen molar-refractivity contribution in [1.29, 1.82) is 0 Å². The number of quaternary nitrogens is 2. The van der Waals surface area contributed by atoms with E-state index in [1.54, 1.807) is 13.8 Å². The zero-order valence-corrected chi connectivity index (χ0v) is 12.5. The minimum absolute atomic E-state index is 0.290. The maximum atomic E-state index is 11.3. The smallest absolute Gasteiger partial charge is 0.365 e. The van der Waals surface area contributed by atoms with Gasteiger partial charge in [0.1, 0.15) is 0 Å². The third-order valence-corrected chi connectivity index (χ3v) is 4.42. The van der Waals surface area contributed by atoms with Gasteiger partial charge < -0.3 is 20.9 Å². The Labute approximate surface area is 115 Å². The summed E-state index contributed by atoms with van der Waals surface area (Å²) in [7, 11) is 2.97. The van der Waals surface area contributed by atoms with E-state index in [0.717, 1.165) is 0 Å². The minimum atomic E-state index is -0.381. The molecule has 18 heavy (non-hydrogen) atoms. The van der Waals surface area contributed by atoms with Gasteiger partial charge in [0.15, 0.2) is 12.1 Å². The number of esters is 2. The highest BCUT2D eigenvalue weighted by Crippen LogP contribution is 2.21. The van der Waals surface area contributed by atoms with Gasteiger partial charge in [-0.25, -0.2) is 9.59 Å². The highest BCUT2D eigenvalue weighted by Gasteiger charge is 2.21. The molecule has 0 aromatic heterocycles. The van der Waals surface area contributed by atoms with Crippen molar-refractivity contribution in [3.05, 3.63) is 0 Å². The zero-order chi connectivity index (χ0) is 14.0. The Bertz CT molecular complexity index is 240. The lowest BCUT2D eigenvalue weighted by atomic mass is 10.4. The number of ether oxygens (including phenoxy) is 2. The molecule has 0 rings (SSSR count). The number of carbonyl (C=O) groups is 2. The highest BCUT2D eigenvalue weighted by atomic mass is 33.1. The Morgan fingerprint density at radius 1 is 0.944 bits per heavy atom. The maximum Gasteiger partial charge on any atom is 0.365 e. The number of rotatable bonds is 9. The van der Waals surface area contributed by atoms with E-state index in [1.807, 2.05) is 0 Å². The molecule has 0 bridgehead atoms. The summed E-state index contributed by atoms with van der Waals surface area (Å²) < 4.78 is 9.68. The SMILES string of the molecule is CCOC(=O)[C@@H]([NH3+])CSSC[C@H]([NH3+])C(=O)OCC. The van der Waals surface area contributed by atoms with Crippen LogP contribution in [0.3, 0.4) is 0 Å². The summed E-state index contributed by atoms with van der Waals surface area (Å²) in [5.74, 6) is 0.530. The summed E-state index contributed by atoms with van der Waals surface area (Å²) in [4.78, 5) is 22.5. The molecule has 0 aromatic carbocycles. The first-order valence-corrected chi connectivity index (χ1v) is 8.25. The van der Waals surface area contributed by atoms with Gasteiger partial charge in [-0.05, 0) is 13.8 Å². The predicted molar refractivity (Wildman–Crippen MR) is 71.5 cm³/mol. The second-order valence-electron chi connectivity index (χ2n) is 3.47. The summed E-state index contributed by atoms with van der Waals surface area (Å²) >= 11 is 0. The Hall–Kier alpha value is -0.440. The molecule has 0 radical (unpaired) electrons. The Kier molecular flexibility index (Phi) is 10.2. The molecule has 0 amide bonds. The van der Waals surface area contributed by atoms with E-state index < -0.39 is 0 Å². The van der Waals surface area contributed by atoms with Crippen molar-refractivity contribution in [2.24, 2.45) is 0 Å². The summed E-state index contributed by atoms with van der Waals surface area (Å²) in [5, 5.41) is 0. The highest BCUT2D eigenvalue weighted by molar-refractivity contribution is 8.76. The van der Waals surface area contributed by atoms with Gasteiger partial charge in [0.05, 0.1) is 24.7 Å². The van der Waals surface area contributed by atoms with E-state index in [9.17, 15) is 9.59 Å². The number of hydrogen-bond donors (Lipinski definition) is 2. The van der Waals surface area contributed by atoms with E-state index in [-0.39, 0.29) is 24.0 Å². The van der Waals surface area contributed by atoms with Crippen molar-refractivity contribution >= 4 is 33.5 Å². The van der Waals surface area contributed by atoms with Crippen LogP contribution < -0.4 is 11.5 Å². The van der Waals surface area contributed by atoms with Crippen LogP contribution in [0.25, 0.3) is 0 Å². The van der Waals surface area contributed by atoms with Crippen molar-refractivity contribution < 1.29 is 30.5 Å². The lowest BCUT2D eigenvalue weighted by Crippen LogP contribution is -2.67. The molecule has 0 aliphatic rings. The first-order chi connectivity index (χ1) is 8.52. The molecular formula is C10H22N2O4S2+2. The third kappa shape index (κ3) is 7.80. The van der Waals surface area contributed by atoms with Crippen LogP contribution in [0.2, 0.25) is 0 Å². The zero-order valence-electron chi connectivity index (χ0n) is 10.8. The monoisotopic (exact) mass is 298 g/mol. The van der Waals surface area contributed by atoms with Gasteiger partial charge in [-0.3, -0.25) is 0 Å². The topological polar surface area (TPSA) is 108 Å². The molecule has 0 aliphatic carbocycles. The molecule has 0 aromatic rings. The second-order valence-corrected chi connectivity index (χ2v) is 6.02. The lowest BCUT2D eigenvalue weighted by Gasteiger charge is -2.08. The Morgan fingerprint density at radius 3 is 1.56 bits per heavy atom. The van der Waals surface area contributed by atoms with Crippen LogP contribution in [0, 0.1) is 0 Å². The van der Waals surface area contributed by atoms with E-state index >= 15 is 0 Å². The first kappa shape index (κ1) is 17.6. The molecule has 106 valence electrons. The van der Waals surface area contributed by atoms with Gasteiger partial charge in [0, 0.05) is 0 Å². The number of carbonyl (C=O) groups excluding carboxylic acids is 2. The quantitative estimate of drug-likeness (QED) is 0.312. The summed E-state index contributed by atoms with van der Waals surface area (Å²) in [6.07, 6.45) is 0. The predicted octanol–water partition coefficient (Wildman–Crippen LogP) is -1.28. The van der Waals surface area contributed by atoms with Gasteiger partial charge in [-0.15, -0.1) is 0 Å². The Morgan fingerprint density at radius 2 is 1.28 bits per heavy atom. The molecule has 0 saturated heterocycles. The Balaban J connectivity index is 3.66. The van der Waals surface area contributed by atoms with Crippen LogP contribution in [0.5, 0.6) is 0 Å². The standard InChI is InChI=1S/C10H20N2O4S2/c1-3-15-9(13)7(11)5-17-18-6-8(12)10(14)16-4-2/h7-8H,3-6,11-12H2,1-2H3/p+2/t7-,8-/m0/s1. The number of hydrogen-bond acceptors (Lipinski definition) is 6. The van der Waals surface area contributed by atoms with Crippen LogP contribution in [0.15, 0.2) is 0 Å². The molecule has 8 heteroatoms. The van der Waals surface area contributed by atoms with Crippen molar-refractivity contribution in [2.45, 2.75) is 25.9 Å². The molecule has 0 heterocycles. The third-order valence-electron chi connectivity index (χ3n) is 1.86. The average Bonchev–Trinajstić information content (AvgIpc) is 2.34. The van der Waals surface area contributed by atoms with Gasteiger partial charge in [0.25, 0.3) is 0 Å². The van der Waals surface area contributed by atoms with Gasteiger partial charge in [0.2, 0.25) is 0 Å². The van der Waals surface area contributed by atoms with Crippen LogP contribution in [0.1, 0.15) is 13.8 Å². The molecule has 6 N–H and O–H groups in total. The fourth-order valence-electron chi connectivity index (χ4n) is 0.917. The maximum absolute atomic E-state index is 11.3. The van der Waals surface area contributed by atoms with Crippen molar-refractivity contribution in [2.75, 3.05) is 24.7 Å². The van der Waals surface area contributed by atoms with Crippen LogP contribution in [-0.2, 0) is 19.1 Å². The average molecular weight is 298 g/mol. The molecule has 0 fully saturated rings. The van der Waals surface area contributed by atoms with E-state index in [0.29, 0.717) is 24.7 Å². The summed E-state index contributed by atoms with van der Waals surface area (Å²) in [5.41, 5.74) is 7.44. The van der Waals surface area contributed by atoms with Crippen LogP contribution in [0.4, 0.5) is 0 Å². The van der Waals surface area contributed by atoms with Gasteiger partial charge in [-0.2, -0.15) is 0 Å². The van der Waals surface area contributed by atoms with E-state index in [1.165, 1.54) is 21.6 Å². The van der Waals surface area contributed by atoms with Crippen molar-refractivity contribution in [3.8, 4) is 0 Å². The van der Waals surface area contributed by atoms with E-state index in [2.05, 4.69) is 11.5 Å². The van der Waals surface area contributed by atoms with Gasteiger partial charge in [-0.1, -0.05) is 21.6 Å². The molecule has 0 saturated carbocycles. The first-order valence-electron chi connectivity index (χ1n) is 5.76. The fraction of sp³-hybridized carbons (Fsp3) is 0.800. The molecule has 0 unspecified atom stereocenters. The summed E-state index contributed by atoms with van der Waals surface area (Å²) in [6.45, 7) is 4.26. The van der Waals surface area contributed by atoms with Crippen molar-refractivity contribution in [3.63, 3.8) is 0 Å². The lowest BCUT2D eigenvalue weighted by molar-refractivity contribution is -0.401. The summed E-state index contributed by atoms with van der Waals surface area (Å²) in [6, 6.07) is -0.762. The largest absolute Gasteiger partial charge is 0.462 e. The molecule has 0 spiro atoms. The van der Waals surface area contributed by atoms with Crippen LogP contribution in [-0.4, -0.2) is 48.7 Å². The molecule has 6 nitrogen and oxygen atoms in total. The van der Waals surface area contributed by atoms with E-state index in [4.69, 9.17) is 9.47 Å². The second kappa shape index (κ2) is 10.5. The van der Waals surface area contributed by atoms with Gasteiger partial charge >= 0.3 is 11.9 Å².